The maximum Gasteiger partial charge on any atom is 0.119 e. The fourth-order valence-electron chi connectivity index (χ4n) is 2.33. The predicted octanol–water partition coefficient (Wildman–Crippen LogP) is 3.88. The van der Waals surface area contributed by atoms with Gasteiger partial charge >= 0.3 is 0 Å². The van der Waals surface area contributed by atoms with E-state index in [1.54, 1.807) is 0 Å². The topological polar surface area (TPSA) is 21.3 Å². The first-order chi connectivity index (χ1) is 9.25. The molecule has 0 amide bonds. The van der Waals surface area contributed by atoms with Crippen molar-refractivity contribution in [2.45, 2.75) is 33.1 Å². The number of ether oxygens (including phenoxy) is 1. The Hall–Kier alpha value is -1.28. The Labute approximate surface area is 116 Å². The molecule has 2 heteroatoms. The molecule has 19 heavy (non-hydrogen) atoms. The monoisotopic (exact) mass is 259 g/mol. The summed E-state index contributed by atoms with van der Waals surface area (Å²) in [4.78, 5) is 0. The van der Waals surface area contributed by atoms with Crippen LogP contribution in [0.4, 0.5) is 0 Å². The highest BCUT2D eigenvalue weighted by molar-refractivity contribution is 5.67. The summed E-state index contributed by atoms with van der Waals surface area (Å²) < 4.78 is 5.77. The highest BCUT2D eigenvalue weighted by Crippen LogP contribution is 2.22. The van der Waals surface area contributed by atoms with Crippen LogP contribution in [0.1, 0.15) is 38.7 Å². The summed E-state index contributed by atoms with van der Waals surface area (Å²) in [6.45, 7) is 7.40. The molecule has 0 saturated carbocycles. The van der Waals surface area contributed by atoms with Gasteiger partial charge in [0.2, 0.25) is 0 Å². The molecule has 1 N–H and O–H groups in total. The van der Waals surface area contributed by atoms with E-state index in [0.29, 0.717) is 0 Å². The van der Waals surface area contributed by atoms with E-state index in [0.717, 1.165) is 44.2 Å². The smallest absolute Gasteiger partial charge is 0.119 e. The summed E-state index contributed by atoms with van der Waals surface area (Å²) in [5.74, 6) is 1.75. The molecule has 0 unspecified atom stereocenters. The lowest BCUT2D eigenvalue weighted by molar-refractivity contribution is 0.297. The minimum Gasteiger partial charge on any atom is -0.494 e. The van der Waals surface area contributed by atoms with Crippen LogP contribution in [0, 0.1) is 5.92 Å². The number of rotatable bonds is 6. The van der Waals surface area contributed by atoms with Crippen LogP contribution in [-0.2, 0) is 0 Å². The molecule has 1 aliphatic heterocycles. The molecule has 2 rings (SSSR count). The van der Waals surface area contributed by atoms with Crippen molar-refractivity contribution in [1.29, 1.82) is 0 Å². The zero-order chi connectivity index (χ0) is 13.5. The molecule has 0 radical (unpaired) electrons. The first kappa shape index (κ1) is 14.1. The third kappa shape index (κ3) is 4.71. The fraction of sp³-hybridized carbons (Fsp3) is 0.529. The van der Waals surface area contributed by atoms with E-state index in [-0.39, 0.29) is 0 Å². The molecule has 104 valence electrons. The van der Waals surface area contributed by atoms with Crippen molar-refractivity contribution in [3.63, 3.8) is 0 Å². The second kappa shape index (κ2) is 7.34. The van der Waals surface area contributed by atoms with Gasteiger partial charge in [0.15, 0.2) is 0 Å². The van der Waals surface area contributed by atoms with Crippen LogP contribution in [0.3, 0.4) is 0 Å². The van der Waals surface area contributed by atoms with Crippen LogP contribution in [0.5, 0.6) is 5.75 Å². The Balaban J connectivity index is 1.82. The lowest BCUT2D eigenvalue weighted by Crippen LogP contribution is -2.19. The SMILES string of the molecule is CC(C)CCCOc1ccc(C2=CCNCC2)cc1. The van der Waals surface area contributed by atoms with Gasteiger partial charge in [-0.25, -0.2) is 0 Å². The van der Waals surface area contributed by atoms with Crippen LogP contribution in [-0.4, -0.2) is 19.7 Å². The molecule has 1 heterocycles. The van der Waals surface area contributed by atoms with Gasteiger partial charge in [-0.2, -0.15) is 0 Å². The van der Waals surface area contributed by atoms with E-state index in [9.17, 15) is 0 Å². The van der Waals surface area contributed by atoms with Crippen molar-refractivity contribution in [2.24, 2.45) is 5.92 Å². The van der Waals surface area contributed by atoms with Crippen molar-refractivity contribution in [1.82, 2.24) is 5.32 Å². The zero-order valence-electron chi connectivity index (χ0n) is 12.1. The fourth-order valence-corrected chi connectivity index (χ4v) is 2.33. The molecule has 0 spiro atoms. The van der Waals surface area contributed by atoms with Crippen LogP contribution >= 0.6 is 0 Å². The summed E-state index contributed by atoms with van der Waals surface area (Å²) >= 11 is 0. The second-order valence-corrected chi connectivity index (χ2v) is 5.59. The van der Waals surface area contributed by atoms with Crippen molar-refractivity contribution < 1.29 is 4.74 Å². The lowest BCUT2D eigenvalue weighted by atomic mass is 10.0. The summed E-state index contributed by atoms with van der Waals surface area (Å²) in [6.07, 6.45) is 5.77. The molecular formula is C17H25NO. The van der Waals surface area contributed by atoms with Crippen molar-refractivity contribution in [2.75, 3.05) is 19.7 Å². The molecule has 0 atom stereocenters. The van der Waals surface area contributed by atoms with Gasteiger partial charge in [-0.15, -0.1) is 0 Å². The number of hydrogen-bond acceptors (Lipinski definition) is 2. The molecule has 2 nitrogen and oxygen atoms in total. The van der Waals surface area contributed by atoms with E-state index >= 15 is 0 Å². The minimum atomic E-state index is 0.762. The van der Waals surface area contributed by atoms with Gasteiger partial charge in [0.1, 0.15) is 5.75 Å². The normalized spacial score (nSPS) is 15.4. The molecule has 1 aromatic carbocycles. The Kier molecular flexibility index (Phi) is 5.46. The first-order valence-electron chi connectivity index (χ1n) is 7.38. The standard InChI is InChI=1S/C17H25NO/c1-14(2)4-3-13-19-17-7-5-15(6-8-17)16-9-11-18-12-10-16/h5-9,14,18H,3-4,10-13H2,1-2H3. The van der Waals surface area contributed by atoms with Crippen LogP contribution in [0.25, 0.3) is 5.57 Å². The number of nitrogens with one attached hydrogen (secondary N) is 1. The van der Waals surface area contributed by atoms with Crippen LogP contribution in [0.15, 0.2) is 30.3 Å². The van der Waals surface area contributed by atoms with E-state index < -0.39 is 0 Å². The zero-order valence-corrected chi connectivity index (χ0v) is 12.1. The summed E-state index contributed by atoms with van der Waals surface area (Å²) in [5, 5.41) is 3.34. The molecule has 0 fully saturated rings. The molecule has 0 aromatic heterocycles. The molecule has 0 saturated heterocycles. The molecule has 0 bridgehead atoms. The third-order valence-electron chi connectivity index (χ3n) is 3.48. The predicted molar refractivity (Wildman–Crippen MR) is 81.5 cm³/mol. The molecule has 1 aliphatic rings. The highest BCUT2D eigenvalue weighted by Gasteiger charge is 2.05. The third-order valence-corrected chi connectivity index (χ3v) is 3.48. The Morgan fingerprint density at radius 2 is 2.00 bits per heavy atom. The van der Waals surface area contributed by atoms with E-state index in [4.69, 9.17) is 4.74 Å². The lowest BCUT2D eigenvalue weighted by Gasteiger charge is -2.14. The molecular weight excluding hydrogens is 234 g/mol. The summed E-state index contributed by atoms with van der Waals surface area (Å²) in [5.41, 5.74) is 2.78. The van der Waals surface area contributed by atoms with Crippen molar-refractivity contribution in [3.8, 4) is 5.75 Å². The second-order valence-electron chi connectivity index (χ2n) is 5.59. The van der Waals surface area contributed by atoms with Crippen LogP contribution in [0.2, 0.25) is 0 Å². The average Bonchev–Trinajstić information content (AvgIpc) is 2.45. The van der Waals surface area contributed by atoms with Gasteiger partial charge in [-0.05, 0) is 55.0 Å². The molecule has 1 aromatic rings. The average molecular weight is 259 g/mol. The number of benzene rings is 1. The summed E-state index contributed by atoms with van der Waals surface area (Å²) in [7, 11) is 0. The highest BCUT2D eigenvalue weighted by atomic mass is 16.5. The Morgan fingerprint density at radius 3 is 2.63 bits per heavy atom. The Bertz CT molecular complexity index is 406. The molecule has 0 aliphatic carbocycles. The van der Waals surface area contributed by atoms with Gasteiger partial charge in [0.05, 0.1) is 6.61 Å². The minimum absolute atomic E-state index is 0.762. The quantitative estimate of drug-likeness (QED) is 0.783. The van der Waals surface area contributed by atoms with Crippen molar-refractivity contribution in [3.05, 3.63) is 35.9 Å². The van der Waals surface area contributed by atoms with Gasteiger partial charge in [-0.1, -0.05) is 32.1 Å². The van der Waals surface area contributed by atoms with E-state index in [1.807, 2.05) is 0 Å². The maximum atomic E-state index is 5.77. The van der Waals surface area contributed by atoms with E-state index in [2.05, 4.69) is 49.5 Å². The van der Waals surface area contributed by atoms with Gasteiger partial charge in [-0.3, -0.25) is 0 Å². The maximum absolute atomic E-state index is 5.77. The Morgan fingerprint density at radius 1 is 1.21 bits per heavy atom. The summed E-state index contributed by atoms with van der Waals surface area (Å²) in [6, 6.07) is 8.53. The van der Waals surface area contributed by atoms with Gasteiger partial charge in [0.25, 0.3) is 0 Å². The largest absolute Gasteiger partial charge is 0.494 e. The van der Waals surface area contributed by atoms with Crippen molar-refractivity contribution >= 4 is 5.57 Å². The van der Waals surface area contributed by atoms with Gasteiger partial charge in [0, 0.05) is 6.54 Å². The van der Waals surface area contributed by atoms with Gasteiger partial charge < -0.3 is 10.1 Å². The number of hydrogen-bond donors (Lipinski definition) is 1. The van der Waals surface area contributed by atoms with E-state index in [1.165, 1.54) is 17.6 Å². The first-order valence-corrected chi connectivity index (χ1v) is 7.38. The van der Waals surface area contributed by atoms with Crippen LogP contribution < -0.4 is 10.1 Å².